The number of benzene rings is 2. The van der Waals surface area contributed by atoms with Gasteiger partial charge in [0, 0.05) is 11.8 Å². The van der Waals surface area contributed by atoms with E-state index >= 15 is 0 Å². The summed E-state index contributed by atoms with van der Waals surface area (Å²) in [5.41, 5.74) is 4.26. The van der Waals surface area contributed by atoms with E-state index in [0.29, 0.717) is 18.0 Å². The Morgan fingerprint density at radius 1 is 1.13 bits per heavy atom. The Morgan fingerprint density at radius 3 is 2.71 bits per heavy atom. The number of thioether (sulfide) groups is 1. The summed E-state index contributed by atoms with van der Waals surface area (Å²) in [6.45, 7) is 2.44. The number of fused-ring (bicyclic) bond motifs is 1. The highest BCUT2D eigenvalue weighted by atomic mass is 32.2. The fraction of sp³-hybridized carbons (Fsp3) is 0.174. The van der Waals surface area contributed by atoms with Gasteiger partial charge in [0.1, 0.15) is 28.4 Å². The van der Waals surface area contributed by atoms with E-state index in [1.54, 1.807) is 7.11 Å². The third kappa shape index (κ3) is 4.64. The van der Waals surface area contributed by atoms with E-state index in [9.17, 15) is 4.79 Å². The van der Waals surface area contributed by atoms with Crippen molar-refractivity contribution in [2.45, 2.75) is 11.9 Å². The van der Waals surface area contributed by atoms with Gasteiger partial charge in [-0.15, -0.1) is 0 Å². The van der Waals surface area contributed by atoms with Gasteiger partial charge >= 0.3 is 0 Å². The first-order chi connectivity index (χ1) is 15.2. The number of aromatic amines is 1. The summed E-state index contributed by atoms with van der Waals surface area (Å²) in [4.78, 5) is 24.6. The fourth-order valence-corrected chi connectivity index (χ4v) is 3.95. The van der Waals surface area contributed by atoms with E-state index < -0.39 is 0 Å². The van der Waals surface area contributed by atoms with Gasteiger partial charge in [0.25, 0.3) is 0 Å². The molecule has 0 unspecified atom stereocenters. The van der Waals surface area contributed by atoms with Gasteiger partial charge in [-0.1, -0.05) is 36.0 Å². The summed E-state index contributed by atoms with van der Waals surface area (Å²) < 4.78 is 10.8. The topological polar surface area (TPSA) is 89.1 Å². The highest BCUT2D eigenvalue weighted by Crippen LogP contribution is 2.32. The quantitative estimate of drug-likeness (QED) is 0.307. The Bertz CT molecular complexity index is 1190. The number of ether oxygens (including phenoxy) is 2. The molecule has 7 nitrogen and oxygen atoms in total. The zero-order chi connectivity index (χ0) is 21.6. The van der Waals surface area contributed by atoms with Crippen LogP contribution in [0.2, 0.25) is 0 Å². The van der Waals surface area contributed by atoms with Crippen LogP contribution in [0.25, 0.3) is 22.2 Å². The zero-order valence-corrected chi connectivity index (χ0v) is 18.0. The monoisotopic (exact) mass is 434 g/mol. The van der Waals surface area contributed by atoms with E-state index in [1.165, 1.54) is 18.1 Å². The van der Waals surface area contributed by atoms with Gasteiger partial charge in [-0.3, -0.25) is 4.79 Å². The second-order valence-electron chi connectivity index (χ2n) is 6.60. The van der Waals surface area contributed by atoms with Crippen molar-refractivity contribution >= 4 is 34.4 Å². The largest absolute Gasteiger partial charge is 0.497 e. The number of H-pyrrole nitrogens is 1. The fourth-order valence-electron chi connectivity index (χ4n) is 3.19. The maximum Gasteiger partial charge on any atom is 0.234 e. The SMILES string of the molecule is CCOc1ccccc1NC(=O)CSc1ncnc2c(-c3ccc(OC)cc3)c[nH]c12. The van der Waals surface area contributed by atoms with Gasteiger partial charge in [0.05, 0.1) is 30.7 Å². The van der Waals surface area contributed by atoms with Crippen molar-refractivity contribution in [1.82, 2.24) is 15.0 Å². The minimum atomic E-state index is -0.133. The van der Waals surface area contributed by atoms with Crippen molar-refractivity contribution in [3.63, 3.8) is 0 Å². The lowest BCUT2D eigenvalue weighted by Gasteiger charge is -2.11. The van der Waals surface area contributed by atoms with E-state index in [2.05, 4.69) is 20.3 Å². The molecule has 31 heavy (non-hydrogen) atoms. The Labute approximate surface area is 184 Å². The Hall–Kier alpha value is -3.52. The van der Waals surface area contributed by atoms with Crippen molar-refractivity contribution in [3.8, 4) is 22.6 Å². The number of nitrogens with one attached hydrogen (secondary N) is 2. The van der Waals surface area contributed by atoms with E-state index in [0.717, 1.165) is 32.9 Å². The number of anilines is 1. The minimum absolute atomic E-state index is 0.133. The molecule has 0 aliphatic heterocycles. The molecule has 0 radical (unpaired) electrons. The molecule has 0 saturated heterocycles. The van der Waals surface area contributed by atoms with Crippen LogP contribution in [0.5, 0.6) is 11.5 Å². The zero-order valence-electron chi connectivity index (χ0n) is 17.2. The van der Waals surface area contributed by atoms with Crippen LogP contribution in [0.1, 0.15) is 6.92 Å². The molecule has 2 aromatic heterocycles. The summed E-state index contributed by atoms with van der Waals surface area (Å²) >= 11 is 1.36. The molecule has 2 aromatic carbocycles. The highest BCUT2D eigenvalue weighted by molar-refractivity contribution is 8.00. The smallest absolute Gasteiger partial charge is 0.234 e. The molecular weight excluding hydrogens is 412 g/mol. The van der Waals surface area contributed by atoms with E-state index in [1.807, 2.05) is 61.7 Å². The molecule has 0 bridgehead atoms. The molecule has 8 heteroatoms. The molecule has 1 amide bonds. The van der Waals surface area contributed by atoms with Crippen LogP contribution in [-0.2, 0) is 4.79 Å². The lowest BCUT2D eigenvalue weighted by Crippen LogP contribution is -2.15. The Morgan fingerprint density at radius 2 is 1.94 bits per heavy atom. The average molecular weight is 435 g/mol. The lowest BCUT2D eigenvalue weighted by atomic mass is 10.1. The maximum atomic E-state index is 12.5. The van der Waals surface area contributed by atoms with Crippen molar-refractivity contribution in [2.24, 2.45) is 0 Å². The predicted molar refractivity (Wildman–Crippen MR) is 123 cm³/mol. The van der Waals surface area contributed by atoms with Crippen molar-refractivity contribution in [3.05, 3.63) is 61.1 Å². The van der Waals surface area contributed by atoms with Crippen LogP contribution in [0, 0.1) is 0 Å². The highest BCUT2D eigenvalue weighted by Gasteiger charge is 2.14. The molecule has 158 valence electrons. The molecule has 0 aliphatic carbocycles. The summed E-state index contributed by atoms with van der Waals surface area (Å²) in [6, 6.07) is 15.2. The molecule has 0 atom stereocenters. The third-order valence-corrected chi connectivity index (χ3v) is 5.62. The van der Waals surface area contributed by atoms with E-state index in [4.69, 9.17) is 9.47 Å². The molecule has 0 spiro atoms. The van der Waals surface area contributed by atoms with Crippen LogP contribution in [0.3, 0.4) is 0 Å². The normalized spacial score (nSPS) is 10.8. The van der Waals surface area contributed by atoms with Crippen molar-refractivity contribution in [1.29, 1.82) is 0 Å². The number of para-hydroxylation sites is 2. The number of hydrogen-bond acceptors (Lipinski definition) is 6. The number of carbonyl (C=O) groups is 1. The number of amides is 1. The van der Waals surface area contributed by atoms with Gasteiger partial charge in [0.15, 0.2) is 0 Å². The standard InChI is InChI=1S/C23H22N4O3S/c1-3-30-19-7-5-4-6-18(19)27-20(28)13-31-23-22-21(25-14-26-23)17(12-24-22)15-8-10-16(29-2)11-9-15/h4-12,14,24H,3,13H2,1-2H3,(H,27,28). The molecule has 4 rings (SSSR count). The Kier molecular flexibility index (Phi) is 6.37. The second kappa shape index (κ2) is 9.53. The van der Waals surface area contributed by atoms with Crippen molar-refractivity contribution < 1.29 is 14.3 Å². The van der Waals surface area contributed by atoms with Gasteiger partial charge in [-0.25, -0.2) is 9.97 Å². The first-order valence-electron chi connectivity index (χ1n) is 9.80. The number of aromatic nitrogens is 3. The number of nitrogens with zero attached hydrogens (tertiary/aromatic N) is 2. The molecule has 0 aliphatic rings. The second-order valence-corrected chi connectivity index (χ2v) is 7.56. The molecule has 4 aromatic rings. The van der Waals surface area contributed by atoms with E-state index in [-0.39, 0.29) is 11.7 Å². The van der Waals surface area contributed by atoms with Crippen LogP contribution in [0.4, 0.5) is 5.69 Å². The summed E-state index contributed by atoms with van der Waals surface area (Å²) in [5.74, 6) is 1.53. The van der Waals surface area contributed by atoms with Crippen LogP contribution < -0.4 is 14.8 Å². The maximum absolute atomic E-state index is 12.5. The number of methoxy groups -OCH3 is 1. The first-order valence-corrected chi connectivity index (χ1v) is 10.8. The number of rotatable bonds is 8. The molecular formula is C23H22N4O3S. The molecule has 0 fully saturated rings. The van der Waals surface area contributed by atoms with Crippen LogP contribution in [0.15, 0.2) is 66.1 Å². The number of hydrogen-bond donors (Lipinski definition) is 2. The van der Waals surface area contributed by atoms with Gasteiger partial charge < -0.3 is 19.8 Å². The third-order valence-electron chi connectivity index (χ3n) is 4.63. The molecule has 2 heterocycles. The van der Waals surface area contributed by atoms with Crippen LogP contribution >= 0.6 is 11.8 Å². The average Bonchev–Trinajstić information content (AvgIpc) is 3.24. The summed E-state index contributed by atoms with van der Waals surface area (Å²) in [6.07, 6.45) is 3.43. The van der Waals surface area contributed by atoms with Gasteiger partial charge in [0.2, 0.25) is 5.91 Å². The summed E-state index contributed by atoms with van der Waals surface area (Å²) in [7, 11) is 1.64. The van der Waals surface area contributed by atoms with Crippen LogP contribution in [-0.4, -0.2) is 40.3 Å². The van der Waals surface area contributed by atoms with Gasteiger partial charge in [-0.05, 0) is 36.8 Å². The summed E-state index contributed by atoms with van der Waals surface area (Å²) in [5, 5.41) is 3.63. The molecule has 2 N–H and O–H groups in total. The molecule has 0 saturated carbocycles. The Balaban J connectivity index is 1.49. The number of carbonyl (C=O) groups excluding carboxylic acids is 1. The lowest BCUT2D eigenvalue weighted by molar-refractivity contribution is -0.113. The minimum Gasteiger partial charge on any atom is -0.497 e. The first kappa shape index (κ1) is 20.7. The predicted octanol–water partition coefficient (Wildman–Crippen LogP) is 4.76. The van der Waals surface area contributed by atoms with Gasteiger partial charge in [-0.2, -0.15) is 0 Å². The van der Waals surface area contributed by atoms with Crippen molar-refractivity contribution in [2.75, 3.05) is 24.8 Å².